The first-order valence-corrected chi connectivity index (χ1v) is 11.3. The third kappa shape index (κ3) is 3.01. The SMILES string of the molecule is O=S(=O)(O)c1c(Br)cc2ccc3cc4ccccc4cc3c2c1S(=O)(=O)O. The third-order valence-electron chi connectivity index (χ3n) is 4.37. The lowest BCUT2D eigenvalue weighted by molar-refractivity contribution is 0.467. The lowest BCUT2D eigenvalue weighted by atomic mass is 9.98. The molecular formula is C18H11BrO6S2. The van der Waals surface area contributed by atoms with Crippen molar-refractivity contribution in [2.24, 2.45) is 0 Å². The van der Waals surface area contributed by atoms with Gasteiger partial charge in [0, 0.05) is 9.86 Å². The maximum Gasteiger partial charge on any atom is 0.297 e. The maximum absolute atomic E-state index is 12.1. The van der Waals surface area contributed by atoms with Gasteiger partial charge >= 0.3 is 0 Å². The first-order chi connectivity index (χ1) is 12.6. The number of hydrogen-bond acceptors (Lipinski definition) is 4. The predicted molar refractivity (Wildman–Crippen MR) is 106 cm³/mol. The Labute approximate surface area is 163 Å². The lowest BCUT2D eigenvalue weighted by Gasteiger charge is -2.14. The molecule has 0 fully saturated rings. The van der Waals surface area contributed by atoms with Crippen LogP contribution in [0, 0.1) is 0 Å². The van der Waals surface area contributed by atoms with Gasteiger partial charge in [-0.15, -0.1) is 0 Å². The molecule has 4 aromatic carbocycles. The quantitative estimate of drug-likeness (QED) is 0.257. The predicted octanol–water partition coefficient (Wildman–Crippen LogP) is 4.40. The Morgan fingerprint density at radius 3 is 1.81 bits per heavy atom. The summed E-state index contributed by atoms with van der Waals surface area (Å²) in [5, 5.41) is 3.26. The van der Waals surface area contributed by atoms with Gasteiger partial charge < -0.3 is 0 Å². The zero-order chi connectivity index (χ0) is 19.6. The smallest absolute Gasteiger partial charge is 0.282 e. The van der Waals surface area contributed by atoms with Gasteiger partial charge in [0.1, 0.15) is 9.79 Å². The second-order valence-electron chi connectivity index (χ2n) is 6.05. The van der Waals surface area contributed by atoms with Crippen LogP contribution in [0.15, 0.2) is 68.9 Å². The fourth-order valence-electron chi connectivity index (χ4n) is 3.31. The van der Waals surface area contributed by atoms with Crippen LogP contribution in [0.3, 0.4) is 0 Å². The molecule has 0 saturated heterocycles. The number of hydrogen-bond donors (Lipinski definition) is 2. The van der Waals surface area contributed by atoms with Crippen molar-refractivity contribution in [3.05, 3.63) is 59.1 Å². The van der Waals surface area contributed by atoms with Gasteiger partial charge in [0.05, 0.1) is 0 Å². The Morgan fingerprint density at radius 2 is 1.22 bits per heavy atom. The summed E-state index contributed by atoms with van der Waals surface area (Å²) >= 11 is 2.99. The van der Waals surface area contributed by atoms with E-state index in [9.17, 15) is 25.9 Å². The number of fused-ring (bicyclic) bond motifs is 4. The number of benzene rings is 4. The van der Waals surface area contributed by atoms with Crippen molar-refractivity contribution < 1.29 is 25.9 Å². The van der Waals surface area contributed by atoms with Crippen LogP contribution in [0.2, 0.25) is 0 Å². The van der Waals surface area contributed by atoms with Gasteiger partial charge in [-0.05, 0) is 61.1 Å². The van der Waals surface area contributed by atoms with Crippen LogP contribution in [0.5, 0.6) is 0 Å². The third-order valence-corrected chi connectivity index (χ3v) is 7.25. The first kappa shape index (κ1) is 18.3. The molecule has 138 valence electrons. The summed E-state index contributed by atoms with van der Waals surface area (Å²) in [6.07, 6.45) is 0. The minimum absolute atomic E-state index is 0.0246. The van der Waals surface area contributed by atoms with Crippen molar-refractivity contribution in [3.63, 3.8) is 0 Å². The zero-order valence-electron chi connectivity index (χ0n) is 13.4. The Balaban J connectivity index is 2.38. The second kappa shape index (κ2) is 5.98. The van der Waals surface area contributed by atoms with Crippen LogP contribution in [0.1, 0.15) is 0 Å². The Kier molecular flexibility index (Phi) is 4.06. The zero-order valence-corrected chi connectivity index (χ0v) is 16.6. The Bertz CT molecular complexity index is 1470. The summed E-state index contributed by atoms with van der Waals surface area (Å²) < 4.78 is 67.2. The van der Waals surface area contributed by atoms with E-state index in [-0.39, 0.29) is 9.86 Å². The summed E-state index contributed by atoms with van der Waals surface area (Å²) in [5.74, 6) is 0. The molecule has 0 spiro atoms. The van der Waals surface area contributed by atoms with Crippen LogP contribution >= 0.6 is 15.9 Å². The molecule has 0 aromatic heterocycles. The molecule has 0 aliphatic heterocycles. The van der Waals surface area contributed by atoms with E-state index in [0.717, 1.165) is 10.8 Å². The van der Waals surface area contributed by atoms with E-state index in [1.165, 1.54) is 6.07 Å². The standard InChI is InChI=1S/C18H11BrO6S2/c19-15-9-13-6-5-12-7-10-3-1-2-4-11(10)8-14(12)16(13)18(27(23,24)25)17(15)26(20,21)22/h1-9H,(H,20,21,22)(H,23,24,25). The minimum atomic E-state index is -4.98. The van der Waals surface area contributed by atoms with Gasteiger partial charge in [0.2, 0.25) is 0 Å². The fraction of sp³-hybridized carbons (Fsp3) is 0. The molecule has 9 heteroatoms. The molecule has 0 amide bonds. The average molecular weight is 467 g/mol. The Hall–Kier alpha value is -2.04. The van der Waals surface area contributed by atoms with Crippen molar-refractivity contribution in [3.8, 4) is 0 Å². The molecule has 0 unspecified atom stereocenters. The minimum Gasteiger partial charge on any atom is -0.282 e. The van der Waals surface area contributed by atoms with E-state index in [2.05, 4.69) is 15.9 Å². The van der Waals surface area contributed by atoms with Crippen LogP contribution in [-0.4, -0.2) is 25.9 Å². The highest BCUT2D eigenvalue weighted by molar-refractivity contribution is 9.10. The molecule has 2 N–H and O–H groups in total. The largest absolute Gasteiger partial charge is 0.297 e. The van der Waals surface area contributed by atoms with E-state index >= 15 is 0 Å². The fourth-order valence-corrected chi connectivity index (χ4v) is 6.61. The monoisotopic (exact) mass is 466 g/mol. The molecule has 0 aliphatic rings. The molecule has 0 bridgehead atoms. The Morgan fingerprint density at radius 1 is 0.667 bits per heavy atom. The van der Waals surface area contributed by atoms with Crippen LogP contribution in [0.4, 0.5) is 0 Å². The first-order valence-electron chi connectivity index (χ1n) is 7.60. The van der Waals surface area contributed by atoms with Gasteiger partial charge in [-0.3, -0.25) is 9.11 Å². The van der Waals surface area contributed by atoms with Crippen LogP contribution in [-0.2, 0) is 20.2 Å². The highest BCUT2D eigenvalue weighted by atomic mass is 79.9. The highest BCUT2D eigenvalue weighted by Gasteiger charge is 2.30. The normalized spacial score (nSPS) is 12.9. The van der Waals surface area contributed by atoms with Crippen molar-refractivity contribution in [1.29, 1.82) is 0 Å². The van der Waals surface area contributed by atoms with E-state index in [1.807, 2.05) is 30.3 Å². The molecular weight excluding hydrogens is 456 g/mol. The summed E-state index contributed by atoms with van der Waals surface area (Å²) in [7, 11) is -9.92. The van der Waals surface area contributed by atoms with E-state index in [0.29, 0.717) is 16.2 Å². The van der Waals surface area contributed by atoms with Gasteiger partial charge in [0.15, 0.2) is 0 Å². The highest BCUT2D eigenvalue weighted by Crippen LogP contribution is 2.40. The van der Waals surface area contributed by atoms with Crippen molar-refractivity contribution in [2.45, 2.75) is 9.79 Å². The van der Waals surface area contributed by atoms with E-state index in [1.54, 1.807) is 18.2 Å². The van der Waals surface area contributed by atoms with Gasteiger partial charge in [-0.1, -0.05) is 36.4 Å². The van der Waals surface area contributed by atoms with Gasteiger partial charge in [0.25, 0.3) is 20.2 Å². The van der Waals surface area contributed by atoms with Crippen LogP contribution < -0.4 is 0 Å². The van der Waals surface area contributed by atoms with E-state index in [4.69, 9.17) is 0 Å². The molecule has 4 rings (SSSR count). The molecule has 0 atom stereocenters. The van der Waals surface area contributed by atoms with Crippen LogP contribution in [0.25, 0.3) is 32.3 Å². The summed E-state index contributed by atoms with van der Waals surface area (Å²) in [6, 6.07) is 15.8. The van der Waals surface area contributed by atoms with E-state index < -0.39 is 30.0 Å². The molecule has 27 heavy (non-hydrogen) atoms. The number of halogens is 1. The summed E-state index contributed by atoms with van der Waals surface area (Å²) in [5.41, 5.74) is 0. The second-order valence-corrected chi connectivity index (χ2v) is 9.62. The number of rotatable bonds is 2. The van der Waals surface area contributed by atoms with Gasteiger partial charge in [-0.25, -0.2) is 0 Å². The lowest BCUT2D eigenvalue weighted by Crippen LogP contribution is -2.10. The molecule has 6 nitrogen and oxygen atoms in total. The molecule has 4 aromatic rings. The maximum atomic E-state index is 12.1. The molecule has 0 aliphatic carbocycles. The summed E-state index contributed by atoms with van der Waals surface area (Å²) in [6.45, 7) is 0. The average Bonchev–Trinajstić information content (AvgIpc) is 2.56. The molecule has 0 radical (unpaired) electrons. The summed E-state index contributed by atoms with van der Waals surface area (Å²) in [4.78, 5) is -1.74. The topological polar surface area (TPSA) is 109 Å². The van der Waals surface area contributed by atoms with Gasteiger partial charge in [-0.2, -0.15) is 16.8 Å². The molecule has 0 heterocycles. The van der Waals surface area contributed by atoms with Crippen molar-refractivity contribution >= 4 is 68.5 Å². The van der Waals surface area contributed by atoms with Crippen molar-refractivity contribution in [1.82, 2.24) is 0 Å². The molecule has 0 saturated carbocycles. The van der Waals surface area contributed by atoms with Crippen molar-refractivity contribution in [2.75, 3.05) is 0 Å².